The average molecular weight is 295 g/mol. The number of hydrogen-bond donors (Lipinski definition) is 0. The Morgan fingerprint density at radius 2 is 1.89 bits per heavy atom. The van der Waals surface area contributed by atoms with E-state index < -0.39 is 0 Å². The first-order chi connectivity index (χ1) is 9.10. The van der Waals surface area contributed by atoms with Crippen LogP contribution in [-0.2, 0) is 5.88 Å². The standard InChI is InChI=1S/C16H16Cl2O/c1-11(2)13-4-3-5-14(9-13)19-16-7-6-12(10-17)8-15(16)18/h3-9,11H,10H2,1-2H3. The molecule has 0 spiro atoms. The maximum absolute atomic E-state index is 6.18. The van der Waals surface area contributed by atoms with Gasteiger partial charge < -0.3 is 4.74 Å². The number of halogens is 2. The molecule has 0 saturated carbocycles. The molecule has 0 amide bonds. The van der Waals surface area contributed by atoms with E-state index in [0.29, 0.717) is 22.6 Å². The summed E-state index contributed by atoms with van der Waals surface area (Å²) in [5.74, 6) is 2.36. The van der Waals surface area contributed by atoms with E-state index in [1.54, 1.807) is 0 Å². The Hall–Kier alpha value is -1.18. The highest BCUT2D eigenvalue weighted by Gasteiger charge is 2.06. The third-order valence-electron chi connectivity index (χ3n) is 2.90. The highest BCUT2D eigenvalue weighted by Crippen LogP contribution is 2.31. The Labute approximate surface area is 124 Å². The fourth-order valence-electron chi connectivity index (χ4n) is 1.77. The van der Waals surface area contributed by atoms with Crippen molar-refractivity contribution in [2.45, 2.75) is 25.6 Å². The van der Waals surface area contributed by atoms with Gasteiger partial charge in [0, 0.05) is 5.88 Å². The second kappa shape index (κ2) is 6.31. The van der Waals surface area contributed by atoms with E-state index in [1.165, 1.54) is 5.56 Å². The van der Waals surface area contributed by atoms with Gasteiger partial charge in [0.1, 0.15) is 11.5 Å². The normalized spacial score (nSPS) is 10.8. The second-order valence-electron chi connectivity index (χ2n) is 4.73. The first-order valence-electron chi connectivity index (χ1n) is 6.22. The molecular formula is C16H16Cl2O. The van der Waals surface area contributed by atoms with Crippen molar-refractivity contribution < 1.29 is 4.74 Å². The van der Waals surface area contributed by atoms with Crippen LogP contribution in [0, 0.1) is 0 Å². The molecule has 0 aromatic heterocycles. The van der Waals surface area contributed by atoms with E-state index in [9.17, 15) is 0 Å². The molecular weight excluding hydrogens is 279 g/mol. The second-order valence-corrected chi connectivity index (χ2v) is 5.40. The van der Waals surface area contributed by atoms with Gasteiger partial charge in [-0.2, -0.15) is 0 Å². The van der Waals surface area contributed by atoms with E-state index in [1.807, 2.05) is 36.4 Å². The third-order valence-corrected chi connectivity index (χ3v) is 3.51. The van der Waals surface area contributed by atoms with Gasteiger partial charge in [-0.15, -0.1) is 11.6 Å². The summed E-state index contributed by atoms with van der Waals surface area (Å²) in [6, 6.07) is 13.6. The van der Waals surface area contributed by atoms with Gasteiger partial charge in [0.25, 0.3) is 0 Å². The molecule has 2 aromatic rings. The summed E-state index contributed by atoms with van der Waals surface area (Å²) >= 11 is 11.9. The van der Waals surface area contributed by atoms with Crippen LogP contribution in [0.25, 0.3) is 0 Å². The van der Waals surface area contributed by atoms with Crippen molar-refractivity contribution in [2.75, 3.05) is 0 Å². The van der Waals surface area contributed by atoms with E-state index in [2.05, 4.69) is 19.9 Å². The van der Waals surface area contributed by atoms with Gasteiger partial charge in [-0.25, -0.2) is 0 Å². The van der Waals surface area contributed by atoms with Crippen LogP contribution in [0.5, 0.6) is 11.5 Å². The van der Waals surface area contributed by atoms with Crippen molar-refractivity contribution in [3.8, 4) is 11.5 Å². The Bertz CT molecular complexity index is 564. The molecule has 100 valence electrons. The van der Waals surface area contributed by atoms with Gasteiger partial charge in [-0.3, -0.25) is 0 Å². The van der Waals surface area contributed by atoms with Gasteiger partial charge in [0.2, 0.25) is 0 Å². The summed E-state index contributed by atoms with van der Waals surface area (Å²) in [6.45, 7) is 4.31. The fourth-order valence-corrected chi connectivity index (χ4v) is 2.18. The minimum Gasteiger partial charge on any atom is -0.456 e. The first-order valence-corrected chi connectivity index (χ1v) is 7.13. The van der Waals surface area contributed by atoms with Crippen LogP contribution in [0.4, 0.5) is 0 Å². The monoisotopic (exact) mass is 294 g/mol. The zero-order valence-electron chi connectivity index (χ0n) is 11.0. The Balaban J connectivity index is 2.23. The summed E-state index contributed by atoms with van der Waals surface area (Å²) in [4.78, 5) is 0. The largest absolute Gasteiger partial charge is 0.456 e. The number of alkyl halides is 1. The van der Waals surface area contributed by atoms with Crippen molar-refractivity contribution in [3.63, 3.8) is 0 Å². The van der Waals surface area contributed by atoms with Crippen molar-refractivity contribution in [3.05, 3.63) is 58.6 Å². The number of rotatable bonds is 4. The van der Waals surface area contributed by atoms with E-state index in [4.69, 9.17) is 27.9 Å². The number of ether oxygens (including phenoxy) is 1. The first kappa shape index (κ1) is 14.2. The van der Waals surface area contributed by atoms with Crippen molar-refractivity contribution in [2.24, 2.45) is 0 Å². The fraction of sp³-hybridized carbons (Fsp3) is 0.250. The molecule has 0 bridgehead atoms. The minimum absolute atomic E-state index is 0.447. The van der Waals surface area contributed by atoms with E-state index in [-0.39, 0.29) is 0 Å². The summed E-state index contributed by atoms with van der Waals surface area (Å²) < 4.78 is 5.82. The molecule has 0 atom stereocenters. The van der Waals surface area contributed by atoms with Crippen molar-refractivity contribution in [1.82, 2.24) is 0 Å². The minimum atomic E-state index is 0.447. The van der Waals surface area contributed by atoms with Crippen LogP contribution in [0.2, 0.25) is 5.02 Å². The van der Waals surface area contributed by atoms with Gasteiger partial charge in [-0.05, 0) is 41.3 Å². The molecule has 0 unspecified atom stereocenters. The Kier molecular flexibility index (Phi) is 4.73. The zero-order chi connectivity index (χ0) is 13.8. The highest BCUT2D eigenvalue weighted by atomic mass is 35.5. The SMILES string of the molecule is CC(C)c1cccc(Oc2ccc(CCl)cc2Cl)c1. The number of benzene rings is 2. The van der Waals surface area contributed by atoms with E-state index in [0.717, 1.165) is 11.3 Å². The molecule has 1 nitrogen and oxygen atoms in total. The summed E-state index contributed by atoms with van der Waals surface area (Å²) in [6.07, 6.45) is 0. The number of hydrogen-bond acceptors (Lipinski definition) is 1. The highest BCUT2D eigenvalue weighted by molar-refractivity contribution is 6.32. The molecule has 2 aromatic carbocycles. The maximum Gasteiger partial charge on any atom is 0.146 e. The van der Waals surface area contributed by atoms with Crippen LogP contribution in [0.1, 0.15) is 30.9 Å². The molecule has 0 N–H and O–H groups in total. The third kappa shape index (κ3) is 3.65. The molecule has 0 aliphatic heterocycles. The van der Waals surface area contributed by atoms with E-state index >= 15 is 0 Å². The molecule has 19 heavy (non-hydrogen) atoms. The molecule has 2 rings (SSSR count). The Morgan fingerprint density at radius 3 is 2.53 bits per heavy atom. The molecule has 3 heteroatoms. The average Bonchev–Trinajstić information content (AvgIpc) is 2.41. The predicted octanol–water partition coefficient (Wildman–Crippen LogP) is 5.99. The molecule has 0 radical (unpaired) electrons. The van der Waals surface area contributed by atoms with Crippen LogP contribution >= 0.6 is 23.2 Å². The maximum atomic E-state index is 6.18. The smallest absolute Gasteiger partial charge is 0.146 e. The Morgan fingerprint density at radius 1 is 1.11 bits per heavy atom. The lowest BCUT2D eigenvalue weighted by Crippen LogP contribution is -1.90. The predicted molar refractivity (Wildman–Crippen MR) is 81.6 cm³/mol. The van der Waals surface area contributed by atoms with Crippen LogP contribution in [0.3, 0.4) is 0 Å². The lowest BCUT2D eigenvalue weighted by molar-refractivity contribution is 0.481. The molecule has 0 aliphatic carbocycles. The van der Waals surface area contributed by atoms with Gasteiger partial charge in [-0.1, -0.05) is 43.6 Å². The lowest BCUT2D eigenvalue weighted by atomic mass is 10.0. The zero-order valence-corrected chi connectivity index (χ0v) is 12.5. The topological polar surface area (TPSA) is 9.23 Å². The molecule has 0 heterocycles. The van der Waals surface area contributed by atoms with Gasteiger partial charge in [0.05, 0.1) is 5.02 Å². The summed E-state index contributed by atoms with van der Waals surface area (Å²) in [5.41, 5.74) is 2.22. The lowest BCUT2D eigenvalue weighted by Gasteiger charge is -2.11. The summed E-state index contributed by atoms with van der Waals surface area (Å²) in [5, 5.41) is 0.577. The summed E-state index contributed by atoms with van der Waals surface area (Å²) in [7, 11) is 0. The van der Waals surface area contributed by atoms with Crippen LogP contribution in [0.15, 0.2) is 42.5 Å². The molecule has 0 fully saturated rings. The van der Waals surface area contributed by atoms with Gasteiger partial charge in [0.15, 0.2) is 0 Å². The van der Waals surface area contributed by atoms with Crippen molar-refractivity contribution >= 4 is 23.2 Å². The van der Waals surface area contributed by atoms with Crippen LogP contribution < -0.4 is 4.74 Å². The molecule has 0 aliphatic rings. The van der Waals surface area contributed by atoms with Gasteiger partial charge >= 0.3 is 0 Å². The quantitative estimate of drug-likeness (QED) is 0.629. The molecule has 0 saturated heterocycles. The van der Waals surface area contributed by atoms with Crippen LogP contribution in [-0.4, -0.2) is 0 Å². The van der Waals surface area contributed by atoms with Crippen molar-refractivity contribution in [1.29, 1.82) is 0 Å².